The number of halogens is 1. The van der Waals surface area contributed by atoms with E-state index in [1.54, 1.807) is 14.2 Å². The SMILES string of the molecule is CCOc1cc(CCCNC(=NC)NCCc2ccc3c(c2)CCO3)ccc1OC.I. The monoisotopic (exact) mass is 539 g/mol. The topological polar surface area (TPSA) is 64.1 Å². The molecule has 0 unspecified atom stereocenters. The number of ether oxygens (including phenoxy) is 3. The van der Waals surface area contributed by atoms with Crippen molar-refractivity contribution in [2.75, 3.05) is 40.5 Å². The van der Waals surface area contributed by atoms with Crippen molar-refractivity contribution in [2.45, 2.75) is 32.6 Å². The van der Waals surface area contributed by atoms with Gasteiger partial charge in [0.1, 0.15) is 5.75 Å². The summed E-state index contributed by atoms with van der Waals surface area (Å²) in [6, 6.07) is 12.6. The highest BCUT2D eigenvalue weighted by Crippen LogP contribution is 2.28. The Kier molecular flexibility index (Phi) is 10.8. The fourth-order valence-electron chi connectivity index (χ4n) is 3.59. The summed E-state index contributed by atoms with van der Waals surface area (Å²) in [4.78, 5) is 4.32. The van der Waals surface area contributed by atoms with E-state index in [4.69, 9.17) is 14.2 Å². The molecule has 0 aliphatic carbocycles. The molecule has 0 fully saturated rings. The van der Waals surface area contributed by atoms with Crippen LogP contribution in [0.4, 0.5) is 0 Å². The van der Waals surface area contributed by atoms with Crippen molar-refractivity contribution >= 4 is 29.9 Å². The Morgan fingerprint density at radius 2 is 1.81 bits per heavy atom. The third-order valence-corrected chi connectivity index (χ3v) is 5.15. The minimum Gasteiger partial charge on any atom is -0.493 e. The molecule has 1 aliphatic rings. The highest BCUT2D eigenvalue weighted by Gasteiger charge is 2.11. The van der Waals surface area contributed by atoms with Gasteiger partial charge in [-0.25, -0.2) is 0 Å². The Bertz CT molecular complexity index is 858. The molecule has 0 saturated carbocycles. The van der Waals surface area contributed by atoms with E-state index in [9.17, 15) is 0 Å². The lowest BCUT2D eigenvalue weighted by molar-refractivity contribution is 0.310. The predicted octanol–water partition coefficient (Wildman–Crippen LogP) is 3.99. The van der Waals surface area contributed by atoms with Crippen molar-refractivity contribution in [1.29, 1.82) is 0 Å². The highest BCUT2D eigenvalue weighted by atomic mass is 127. The number of nitrogens with one attached hydrogen (secondary N) is 2. The average molecular weight is 539 g/mol. The molecule has 0 radical (unpaired) electrons. The number of fused-ring (bicyclic) bond motifs is 1. The molecule has 2 N–H and O–H groups in total. The first-order chi connectivity index (χ1) is 14.7. The van der Waals surface area contributed by atoms with Gasteiger partial charge in [-0.3, -0.25) is 4.99 Å². The number of hydrogen-bond acceptors (Lipinski definition) is 4. The second-order valence-electron chi connectivity index (χ2n) is 7.24. The van der Waals surface area contributed by atoms with Gasteiger partial charge in [-0.2, -0.15) is 0 Å². The van der Waals surface area contributed by atoms with Gasteiger partial charge in [0, 0.05) is 26.6 Å². The van der Waals surface area contributed by atoms with Gasteiger partial charge in [0.25, 0.3) is 0 Å². The molecule has 0 saturated heterocycles. The molecular weight excluding hydrogens is 505 g/mol. The summed E-state index contributed by atoms with van der Waals surface area (Å²) in [5.41, 5.74) is 3.89. The van der Waals surface area contributed by atoms with Gasteiger partial charge in [-0.15, -0.1) is 24.0 Å². The van der Waals surface area contributed by atoms with Crippen molar-refractivity contribution in [3.8, 4) is 17.2 Å². The van der Waals surface area contributed by atoms with E-state index >= 15 is 0 Å². The van der Waals surface area contributed by atoms with Gasteiger partial charge in [0.05, 0.1) is 20.3 Å². The van der Waals surface area contributed by atoms with E-state index in [-0.39, 0.29) is 24.0 Å². The van der Waals surface area contributed by atoms with Crippen LogP contribution in [0.1, 0.15) is 30.0 Å². The summed E-state index contributed by atoms with van der Waals surface area (Å²) >= 11 is 0. The van der Waals surface area contributed by atoms with Crippen LogP contribution in [0.3, 0.4) is 0 Å². The minimum atomic E-state index is 0. The van der Waals surface area contributed by atoms with Crippen LogP contribution in [0.5, 0.6) is 17.2 Å². The first-order valence-corrected chi connectivity index (χ1v) is 10.7. The van der Waals surface area contributed by atoms with Gasteiger partial charge in [0.2, 0.25) is 0 Å². The fraction of sp³-hybridized carbons (Fsp3) is 0.458. The van der Waals surface area contributed by atoms with Gasteiger partial charge in [-0.05, 0) is 61.1 Å². The van der Waals surface area contributed by atoms with E-state index in [0.717, 1.165) is 68.6 Å². The number of guanidine groups is 1. The average Bonchev–Trinajstić information content (AvgIpc) is 3.24. The Morgan fingerprint density at radius 1 is 1.03 bits per heavy atom. The van der Waals surface area contributed by atoms with Crippen LogP contribution in [-0.2, 0) is 19.3 Å². The smallest absolute Gasteiger partial charge is 0.190 e. The van der Waals surface area contributed by atoms with Gasteiger partial charge in [-0.1, -0.05) is 18.2 Å². The molecule has 0 bridgehead atoms. The van der Waals surface area contributed by atoms with Crippen molar-refractivity contribution in [1.82, 2.24) is 10.6 Å². The van der Waals surface area contributed by atoms with Crippen molar-refractivity contribution in [3.63, 3.8) is 0 Å². The van der Waals surface area contributed by atoms with Crippen molar-refractivity contribution in [3.05, 3.63) is 53.1 Å². The van der Waals surface area contributed by atoms with Crippen LogP contribution in [0.15, 0.2) is 41.4 Å². The first kappa shape index (κ1) is 25.1. The number of aryl methyl sites for hydroxylation is 1. The Hall–Kier alpha value is -2.16. The zero-order valence-corrected chi connectivity index (χ0v) is 21.0. The molecule has 2 aromatic carbocycles. The molecular formula is C24H34IN3O3. The number of aliphatic imine (C=N–C) groups is 1. The molecule has 7 heteroatoms. The fourth-order valence-corrected chi connectivity index (χ4v) is 3.59. The molecule has 6 nitrogen and oxygen atoms in total. The Morgan fingerprint density at radius 3 is 2.58 bits per heavy atom. The number of nitrogens with zero attached hydrogens (tertiary/aromatic N) is 1. The van der Waals surface area contributed by atoms with Crippen LogP contribution >= 0.6 is 24.0 Å². The summed E-state index contributed by atoms with van der Waals surface area (Å²) in [6.07, 6.45) is 3.94. The largest absolute Gasteiger partial charge is 0.493 e. The van der Waals surface area contributed by atoms with Gasteiger partial charge in [0.15, 0.2) is 17.5 Å². The lowest BCUT2D eigenvalue weighted by atomic mass is 10.1. The summed E-state index contributed by atoms with van der Waals surface area (Å²) in [5.74, 6) is 3.46. The lowest BCUT2D eigenvalue weighted by Gasteiger charge is -2.13. The maximum Gasteiger partial charge on any atom is 0.190 e. The van der Waals surface area contributed by atoms with E-state index in [1.807, 2.05) is 13.0 Å². The second-order valence-corrected chi connectivity index (χ2v) is 7.24. The lowest BCUT2D eigenvalue weighted by Crippen LogP contribution is -2.38. The number of hydrogen-bond donors (Lipinski definition) is 2. The molecule has 0 amide bonds. The number of rotatable bonds is 10. The molecule has 31 heavy (non-hydrogen) atoms. The highest BCUT2D eigenvalue weighted by molar-refractivity contribution is 14.0. The van der Waals surface area contributed by atoms with Crippen LogP contribution in [0, 0.1) is 0 Å². The molecule has 0 spiro atoms. The molecule has 0 aromatic heterocycles. The maximum absolute atomic E-state index is 5.66. The summed E-state index contributed by atoms with van der Waals surface area (Å²) < 4.78 is 16.6. The van der Waals surface area contributed by atoms with E-state index in [2.05, 4.69) is 46.0 Å². The third-order valence-electron chi connectivity index (χ3n) is 5.15. The zero-order valence-electron chi connectivity index (χ0n) is 18.7. The van der Waals surface area contributed by atoms with E-state index < -0.39 is 0 Å². The minimum absolute atomic E-state index is 0. The van der Waals surface area contributed by atoms with Gasteiger partial charge >= 0.3 is 0 Å². The van der Waals surface area contributed by atoms with Crippen LogP contribution < -0.4 is 24.8 Å². The number of methoxy groups -OCH3 is 1. The quantitative estimate of drug-likeness (QED) is 0.207. The molecule has 3 rings (SSSR count). The second kappa shape index (κ2) is 13.3. The Balaban J connectivity index is 0.00000341. The third kappa shape index (κ3) is 7.48. The molecule has 0 atom stereocenters. The van der Waals surface area contributed by atoms with Crippen LogP contribution in [-0.4, -0.2) is 46.4 Å². The van der Waals surface area contributed by atoms with Crippen LogP contribution in [0.25, 0.3) is 0 Å². The zero-order chi connectivity index (χ0) is 21.2. The summed E-state index contributed by atoms with van der Waals surface area (Å²) in [7, 11) is 3.47. The molecule has 1 aliphatic heterocycles. The van der Waals surface area contributed by atoms with Crippen molar-refractivity contribution < 1.29 is 14.2 Å². The molecule has 1 heterocycles. The summed E-state index contributed by atoms with van der Waals surface area (Å²) in [5, 5.41) is 6.79. The Labute approximate surface area is 202 Å². The summed E-state index contributed by atoms with van der Waals surface area (Å²) in [6.45, 7) is 5.11. The first-order valence-electron chi connectivity index (χ1n) is 10.7. The molecule has 2 aromatic rings. The van der Waals surface area contributed by atoms with Crippen molar-refractivity contribution in [2.24, 2.45) is 4.99 Å². The predicted molar refractivity (Wildman–Crippen MR) is 137 cm³/mol. The number of benzene rings is 2. The van der Waals surface area contributed by atoms with Gasteiger partial charge < -0.3 is 24.8 Å². The normalized spacial score (nSPS) is 12.4. The van der Waals surface area contributed by atoms with E-state index in [1.165, 1.54) is 16.7 Å². The van der Waals surface area contributed by atoms with E-state index in [0.29, 0.717) is 6.61 Å². The standard InChI is InChI=1S/C24H33N3O3.HI/c1-4-29-23-17-18(8-10-22(23)28-3)6-5-13-26-24(25-2)27-14-11-19-7-9-21-20(16-19)12-15-30-21;/h7-10,16-17H,4-6,11-15H2,1-3H3,(H2,25,26,27);1H. The van der Waals surface area contributed by atoms with Crippen LogP contribution in [0.2, 0.25) is 0 Å². The molecule has 170 valence electrons. The maximum atomic E-state index is 5.66.